The van der Waals surface area contributed by atoms with Crippen molar-refractivity contribution in [3.8, 4) is 0 Å². The second-order valence-electron chi connectivity index (χ2n) is 11.8. The summed E-state index contributed by atoms with van der Waals surface area (Å²) in [6, 6.07) is 16.7. The molecule has 7 heteroatoms. The molecule has 0 spiro atoms. The maximum atomic E-state index is 13.3. The fourth-order valence-corrected chi connectivity index (χ4v) is 7.06. The lowest BCUT2D eigenvalue weighted by molar-refractivity contribution is -0.171. The lowest BCUT2D eigenvalue weighted by Gasteiger charge is -2.47. The Hall–Kier alpha value is -3.16. The topological polar surface area (TPSA) is 64.0 Å². The van der Waals surface area contributed by atoms with E-state index in [1.807, 2.05) is 28.0 Å². The van der Waals surface area contributed by atoms with Gasteiger partial charge in [0.05, 0.1) is 31.0 Å². The van der Waals surface area contributed by atoms with Crippen molar-refractivity contribution in [1.29, 1.82) is 0 Å². The highest BCUT2D eigenvalue weighted by Gasteiger charge is 2.40. The molecule has 5 heterocycles. The molecule has 2 bridgehead atoms. The Morgan fingerprint density at radius 3 is 2.23 bits per heavy atom. The van der Waals surface area contributed by atoms with Crippen LogP contribution in [0.2, 0.25) is 0 Å². The predicted molar refractivity (Wildman–Crippen MR) is 149 cm³/mol. The molecule has 1 aromatic heterocycles. The number of hydrogen-bond acceptors (Lipinski definition) is 4. The first-order valence-electron chi connectivity index (χ1n) is 14.6. The third-order valence-electron chi connectivity index (χ3n) is 9.29. The second kappa shape index (κ2) is 10.4. The first-order chi connectivity index (χ1) is 19.1. The Bertz CT molecular complexity index is 1340. The Kier molecular flexibility index (Phi) is 6.65. The number of carbonyl (C=O) groups is 2. The Morgan fingerprint density at radius 1 is 0.821 bits per heavy atom. The van der Waals surface area contributed by atoms with E-state index in [0.29, 0.717) is 38.1 Å². The number of piperidine rings is 1. The van der Waals surface area contributed by atoms with Gasteiger partial charge in [-0.1, -0.05) is 30.3 Å². The van der Waals surface area contributed by atoms with Crippen LogP contribution in [-0.4, -0.2) is 77.8 Å². The molecule has 2 amide bonds. The van der Waals surface area contributed by atoms with Crippen LogP contribution in [0.1, 0.15) is 64.3 Å². The van der Waals surface area contributed by atoms with Crippen molar-refractivity contribution in [2.75, 3.05) is 39.4 Å². The summed E-state index contributed by atoms with van der Waals surface area (Å²) < 4.78 is 13.4. The average Bonchev–Trinajstić information content (AvgIpc) is 3.35. The van der Waals surface area contributed by atoms with Gasteiger partial charge >= 0.3 is 0 Å². The second-order valence-corrected chi connectivity index (χ2v) is 11.8. The lowest BCUT2D eigenvalue weighted by Crippen LogP contribution is -2.58. The van der Waals surface area contributed by atoms with Gasteiger partial charge < -0.3 is 23.8 Å². The summed E-state index contributed by atoms with van der Waals surface area (Å²) >= 11 is 0. The average molecular weight is 528 g/mol. The number of morpholine rings is 2. The number of fused-ring (bicyclic) bond motifs is 3. The summed E-state index contributed by atoms with van der Waals surface area (Å²) in [7, 11) is 0. The molecule has 3 aromatic rings. The van der Waals surface area contributed by atoms with Crippen molar-refractivity contribution < 1.29 is 19.1 Å². The minimum Gasteiger partial charge on any atom is -0.378 e. The molecule has 1 saturated carbocycles. The molecule has 4 aliphatic heterocycles. The zero-order chi connectivity index (χ0) is 26.3. The minimum atomic E-state index is 0.115. The molecule has 7 nitrogen and oxygen atoms in total. The predicted octanol–water partition coefficient (Wildman–Crippen LogP) is 4.70. The van der Waals surface area contributed by atoms with Crippen LogP contribution < -0.4 is 0 Å². The van der Waals surface area contributed by atoms with Gasteiger partial charge in [-0.3, -0.25) is 9.59 Å². The van der Waals surface area contributed by atoms with E-state index in [2.05, 4.69) is 41.1 Å². The number of carbonyl (C=O) groups excluding carboxylic acids is 2. The van der Waals surface area contributed by atoms with Crippen LogP contribution in [0.5, 0.6) is 0 Å². The summed E-state index contributed by atoms with van der Waals surface area (Å²) in [5.74, 6) is 1.39. The van der Waals surface area contributed by atoms with E-state index in [4.69, 9.17) is 9.47 Å². The van der Waals surface area contributed by atoms with Crippen LogP contribution in [0.3, 0.4) is 0 Å². The highest BCUT2D eigenvalue weighted by molar-refractivity contribution is 6.07. The van der Waals surface area contributed by atoms with Crippen molar-refractivity contribution in [2.24, 2.45) is 5.92 Å². The van der Waals surface area contributed by atoms with Crippen molar-refractivity contribution in [3.63, 3.8) is 0 Å². The van der Waals surface area contributed by atoms with Crippen molar-refractivity contribution in [3.05, 3.63) is 71.4 Å². The number of rotatable bonds is 5. The maximum absolute atomic E-state index is 13.3. The van der Waals surface area contributed by atoms with Crippen LogP contribution in [-0.2, 0) is 16.0 Å². The molecule has 204 valence electrons. The zero-order valence-corrected chi connectivity index (χ0v) is 22.5. The molecule has 2 atom stereocenters. The van der Waals surface area contributed by atoms with Gasteiger partial charge in [-0.25, -0.2) is 0 Å². The summed E-state index contributed by atoms with van der Waals surface area (Å²) in [4.78, 5) is 30.1. The largest absolute Gasteiger partial charge is 0.378 e. The summed E-state index contributed by atoms with van der Waals surface area (Å²) in [5, 5.41) is 1.05. The molecule has 8 rings (SSSR count). The van der Waals surface area contributed by atoms with Crippen LogP contribution >= 0.6 is 0 Å². The number of benzene rings is 2. The van der Waals surface area contributed by atoms with Gasteiger partial charge in [-0.2, -0.15) is 0 Å². The number of ether oxygens (including phenoxy) is 2. The van der Waals surface area contributed by atoms with E-state index < -0.39 is 0 Å². The molecule has 1 aliphatic carbocycles. The van der Waals surface area contributed by atoms with Gasteiger partial charge in [0.25, 0.3) is 11.8 Å². The van der Waals surface area contributed by atoms with E-state index in [0.717, 1.165) is 60.9 Å². The van der Waals surface area contributed by atoms with Crippen LogP contribution in [0.15, 0.2) is 54.7 Å². The summed E-state index contributed by atoms with van der Waals surface area (Å²) in [5.41, 5.74) is 4.09. The quantitative estimate of drug-likeness (QED) is 0.483. The third-order valence-corrected chi connectivity index (χ3v) is 9.29. The molecule has 2 aromatic carbocycles. The van der Waals surface area contributed by atoms with Crippen molar-refractivity contribution in [2.45, 2.75) is 56.8 Å². The van der Waals surface area contributed by atoms with Crippen molar-refractivity contribution in [1.82, 2.24) is 14.4 Å². The van der Waals surface area contributed by atoms with E-state index in [9.17, 15) is 9.59 Å². The summed E-state index contributed by atoms with van der Waals surface area (Å²) in [6.45, 7) is 4.93. The summed E-state index contributed by atoms with van der Waals surface area (Å²) in [6.07, 6.45) is 8.31. The third kappa shape index (κ3) is 4.87. The SMILES string of the molecule is O=C(c1ccc(C2CCC(Cn3cc(C(=O)N4CCOCC4)c4ccccc43)CC2)cc1)N1CC2CC(C1)O2. The molecule has 0 radical (unpaired) electrons. The Balaban J connectivity index is 0.984. The molecule has 0 N–H and O–H groups in total. The highest BCUT2D eigenvalue weighted by Crippen LogP contribution is 2.37. The Morgan fingerprint density at radius 2 is 1.51 bits per heavy atom. The number of para-hydroxylation sites is 1. The maximum Gasteiger partial charge on any atom is 0.256 e. The van der Waals surface area contributed by atoms with Gasteiger partial charge in [0.1, 0.15) is 0 Å². The molecular formula is C32H37N3O4. The standard InChI is InChI=1S/C32H37N3O4/c36-31(35-19-26-17-27(20-35)39-26)25-11-9-24(10-12-25)23-7-5-22(6-8-23)18-34-21-29(28-3-1-2-4-30(28)34)32(37)33-13-15-38-16-14-33/h1-4,9-12,21-23,26-27H,5-8,13-20H2. The fourth-order valence-electron chi connectivity index (χ4n) is 7.06. The molecule has 2 unspecified atom stereocenters. The highest BCUT2D eigenvalue weighted by atomic mass is 16.5. The number of aromatic nitrogens is 1. The lowest BCUT2D eigenvalue weighted by atomic mass is 9.78. The first-order valence-corrected chi connectivity index (χ1v) is 14.6. The molecule has 5 fully saturated rings. The zero-order valence-electron chi connectivity index (χ0n) is 22.5. The normalized spacial score (nSPS) is 26.9. The van der Waals surface area contributed by atoms with Crippen LogP contribution in [0, 0.1) is 5.92 Å². The van der Waals surface area contributed by atoms with E-state index in [1.165, 1.54) is 18.4 Å². The van der Waals surface area contributed by atoms with Crippen LogP contribution in [0.25, 0.3) is 10.9 Å². The van der Waals surface area contributed by atoms with Gasteiger partial charge in [0, 0.05) is 61.8 Å². The van der Waals surface area contributed by atoms with E-state index >= 15 is 0 Å². The van der Waals surface area contributed by atoms with Gasteiger partial charge in [-0.15, -0.1) is 0 Å². The van der Waals surface area contributed by atoms with Gasteiger partial charge in [0.2, 0.25) is 0 Å². The first kappa shape index (κ1) is 24.9. The number of hydrogen-bond donors (Lipinski definition) is 0. The fraction of sp³-hybridized carbons (Fsp3) is 0.500. The minimum absolute atomic E-state index is 0.115. The van der Waals surface area contributed by atoms with E-state index in [-0.39, 0.29) is 24.0 Å². The smallest absolute Gasteiger partial charge is 0.256 e. The van der Waals surface area contributed by atoms with Crippen molar-refractivity contribution >= 4 is 22.7 Å². The molecule has 4 saturated heterocycles. The molecule has 39 heavy (non-hydrogen) atoms. The van der Waals surface area contributed by atoms with E-state index in [1.54, 1.807) is 0 Å². The number of nitrogens with zero attached hydrogens (tertiary/aromatic N) is 3. The van der Waals surface area contributed by atoms with Crippen LogP contribution in [0.4, 0.5) is 0 Å². The monoisotopic (exact) mass is 527 g/mol. The Labute approximate surface area is 229 Å². The van der Waals surface area contributed by atoms with Gasteiger partial charge in [-0.05, 0) is 61.3 Å². The molecular weight excluding hydrogens is 490 g/mol. The van der Waals surface area contributed by atoms with Gasteiger partial charge in [0.15, 0.2) is 0 Å². The molecule has 5 aliphatic rings. The number of amides is 2.